The third-order valence-electron chi connectivity index (χ3n) is 2.64. The highest BCUT2D eigenvalue weighted by molar-refractivity contribution is 8.15. The number of nitrogens with zero attached hydrogens (tertiary/aromatic N) is 1. The fourth-order valence-corrected chi connectivity index (χ4v) is 2.78. The average molecular weight is 324 g/mol. The molecule has 1 aromatic rings. The van der Waals surface area contributed by atoms with E-state index in [0.717, 1.165) is 0 Å². The van der Waals surface area contributed by atoms with Gasteiger partial charge in [-0.25, -0.2) is 0 Å². The molecule has 1 heterocycles. The molecule has 0 spiro atoms. The van der Waals surface area contributed by atoms with Crippen molar-refractivity contribution < 1.29 is 9.59 Å². The van der Waals surface area contributed by atoms with Gasteiger partial charge in [0.15, 0.2) is 5.17 Å². The van der Waals surface area contributed by atoms with E-state index in [1.165, 1.54) is 11.8 Å². The summed E-state index contributed by atoms with van der Waals surface area (Å²) in [7, 11) is 0. The number of hydrogen-bond donors (Lipinski definition) is 2. The number of amidine groups is 1. The molecule has 7 heteroatoms. The standard InChI is InChI=1S/C14H14ClN3O2S/c1-2-7-16-14-18-13(20)11(21-14)8-12(19)17-10-5-3-9(15)4-6-10/h2-6,11H,1,7-8H2,(H,17,19)(H,16,18,20)/t11-/m0/s1. The predicted molar refractivity (Wildman–Crippen MR) is 86.7 cm³/mol. The molecule has 0 aliphatic carbocycles. The lowest BCUT2D eigenvalue weighted by atomic mass is 10.2. The number of carbonyl (C=O) groups is 2. The number of aliphatic imine (C=N–C) groups is 1. The third-order valence-corrected chi connectivity index (χ3v) is 4.01. The Hall–Kier alpha value is -1.79. The van der Waals surface area contributed by atoms with Crippen molar-refractivity contribution in [1.82, 2.24) is 5.32 Å². The lowest BCUT2D eigenvalue weighted by molar-refractivity contribution is -0.122. The summed E-state index contributed by atoms with van der Waals surface area (Å²) in [6, 6.07) is 6.79. The topological polar surface area (TPSA) is 70.6 Å². The predicted octanol–water partition coefficient (Wildman–Crippen LogP) is 2.44. The summed E-state index contributed by atoms with van der Waals surface area (Å²) < 4.78 is 0. The van der Waals surface area contributed by atoms with E-state index in [-0.39, 0.29) is 18.2 Å². The smallest absolute Gasteiger partial charge is 0.240 e. The van der Waals surface area contributed by atoms with Crippen LogP contribution in [0.5, 0.6) is 0 Å². The maximum Gasteiger partial charge on any atom is 0.240 e. The SMILES string of the molecule is C=CCN=C1NC(=O)[C@H](CC(=O)Nc2ccc(Cl)cc2)S1. The van der Waals surface area contributed by atoms with Crippen LogP contribution >= 0.6 is 23.4 Å². The van der Waals surface area contributed by atoms with Crippen LogP contribution in [0.25, 0.3) is 0 Å². The van der Waals surface area contributed by atoms with Gasteiger partial charge < -0.3 is 10.6 Å². The van der Waals surface area contributed by atoms with Gasteiger partial charge in [-0.05, 0) is 24.3 Å². The van der Waals surface area contributed by atoms with E-state index in [4.69, 9.17) is 11.6 Å². The van der Waals surface area contributed by atoms with Gasteiger partial charge in [0, 0.05) is 17.1 Å². The van der Waals surface area contributed by atoms with Crippen LogP contribution < -0.4 is 10.6 Å². The molecule has 21 heavy (non-hydrogen) atoms. The third kappa shape index (κ3) is 4.61. The Morgan fingerprint density at radius 2 is 2.19 bits per heavy atom. The molecule has 1 aliphatic heterocycles. The second kappa shape index (κ2) is 7.28. The van der Waals surface area contributed by atoms with Crippen molar-refractivity contribution >= 4 is 46.0 Å². The van der Waals surface area contributed by atoms with Crippen molar-refractivity contribution in [3.05, 3.63) is 41.9 Å². The van der Waals surface area contributed by atoms with Crippen LogP contribution in [0.1, 0.15) is 6.42 Å². The van der Waals surface area contributed by atoms with E-state index in [1.807, 2.05) is 0 Å². The number of rotatable bonds is 5. The normalized spacial score (nSPS) is 19.4. The Bertz CT molecular complexity index is 586. The van der Waals surface area contributed by atoms with Crippen molar-refractivity contribution in [1.29, 1.82) is 0 Å². The van der Waals surface area contributed by atoms with Gasteiger partial charge in [0.05, 0.1) is 6.54 Å². The second-order valence-electron chi connectivity index (χ2n) is 4.29. The van der Waals surface area contributed by atoms with Gasteiger partial charge in [-0.1, -0.05) is 29.4 Å². The Labute approximate surface area is 131 Å². The molecule has 0 aromatic heterocycles. The number of thioether (sulfide) groups is 1. The molecular weight excluding hydrogens is 310 g/mol. The van der Waals surface area contributed by atoms with Crippen LogP contribution in [0.3, 0.4) is 0 Å². The molecule has 1 fully saturated rings. The highest BCUT2D eigenvalue weighted by Gasteiger charge is 2.31. The molecule has 110 valence electrons. The Balaban J connectivity index is 1.89. The van der Waals surface area contributed by atoms with Gasteiger partial charge in [-0.2, -0.15) is 0 Å². The first-order valence-corrected chi connectivity index (χ1v) is 7.52. The molecule has 0 bridgehead atoms. The van der Waals surface area contributed by atoms with E-state index in [0.29, 0.717) is 22.4 Å². The molecule has 1 aliphatic rings. The van der Waals surface area contributed by atoms with Crippen LogP contribution in [0.4, 0.5) is 5.69 Å². The fourth-order valence-electron chi connectivity index (χ4n) is 1.68. The number of carbonyl (C=O) groups excluding carboxylic acids is 2. The molecule has 5 nitrogen and oxygen atoms in total. The quantitative estimate of drug-likeness (QED) is 0.818. The van der Waals surface area contributed by atoms with E-state index in [2.05, 4.69) is 22.2 Å². The summed E-state index contributed by atoms with van der Waals surface area (Å²) in [5.74, 6) is -0.427. The summed E-state index contributed by atoms with van der Waals surface area (Å²) in [4.78, 5) is 27.8. The first-order chi connectivity index (χ1) is 10.1. The van der Waals surface area contributed by atoms with E-state index < -0.39 is 5.25 Å². The van der Waals surface area contributed by atoms with E-state index >= 15 is 0 Å². The minimum Gasteiger partial charge on any atom is -0.326 e. The van der Waals surface area contributed by atoms with Crippen molar-refractivity contribution in [2.24, 2.45) is 4.99 Å². The van der Waals surface area contributed by atoms with Crippen molar-refractivity contribution in [2.75, 3.05) is 11.9 Å². The molecule has 1 saturated heterocycles. The Morgan fingerprint density at radius 1 is 1.48 bits per heavy atom. The fraction of sp³-hybridized carbons (Fsp3) is 0.214. The zero-order valence-electron chi connectivity index (χ0n) is 11.1. The van der Waals surface area contributed by atoms with Crippen LogP contribution in [-0.4, -0.2) is 28.8 Å². The molecule has 1 atom stereocenters. The highest BCUT2D eigenvalue weighted by Crippen LogP contribution is 2.23. The molecule has 0 radical (unpaired) electrons. The van der Waals surface area contributed by atoms with Crippen LogP contribution in [0, 0.1) is 0 Å². The monoisotopic (exact) mass is 323 g/mol. The minimum absolute atomic E-state index is 0.0895. The lowest BCUT2D eigenvalue weighted by Crippen LogP contribution is -2.28. The lowest BCUT2D eigenvalue weighted by Gasteiger charge is -2.07. The van der Waals surface area contributed by atoms with Crippen molar-refractivity contribution in [2.45, 2.75) is 11.7 Å². The van der Waals surface area contributed by atoms with E-state index in [1.54, 1.807) is 30.3 Å². The van der Waals surface area contributed by atoms with Crippen LogP contribution in [-0.2, 0) is 9.59 Å². The molecule has 2 rings (SSSR count). The summed E-state index contributed by atoms with van der Waals surface area (Å²) in [6.45, 7) is 4.00. The van der Waals surface area contributed by atoms with Crippen molar-refractivity contribution in [3.8, 4) is 0 Å². The van der Waals surface area contributed by atoms with E-state index in [9.17, 15) is 9.59 Å². The number of halogens is 1. The number of nitrogens with one attached hydrogen (secondary N) is 2. The van der Waals surface area contributed by atoms with Gasteiger partial charge in [0.1, 0.15) is 5.25 Å². The Morgan fingerprint density at radius 3 is 2.86 bits per heavy atom. The van der Waals surface area contributed by atoms with Gasteiger partial charge in [-0.3, -0.25) is 14.6 Å². The molecule has 0 saturated carbocycles. The highest BCUT2D eigenvalue weighted by atomic mass is 35.5. The molecule has 2 N–H and O–H groups in total. The first kappa shape index (κ1) is 15.6. The average Bonchev–Trinajstić information content (AvgIpc) is 2.79. The number of hydrogen-bond acceptors (Lipinski definition) is 4. The summed E-state index contributed by atoms with van der Waals surface area (Å²) in [5.41, 5.74) is 0.647. The van der Waals surface area contributed by atoms with Crippen molar-refractivity contribution in [3.63, 3.8) is 0 Å². The largest absolute Gasteiger partial charge is 0.326 e. The molecular formula is C14H14ClN3O2S. The zero-order chi connectivity index (χ0) is 15.2. The van der Waals surface area contributed by atoms with Gasteiger partial charge in [0.25, 0.3) is 0 Å². The second-order valence-corrected chi connectivity index (χ2v) is 5.92. The summed E-state index contributed by atoms with van der Waals surface area (Å²) in [5, 5.41) is 6.04. The maximum absolute atomic E-state index is 11.9. The van der Waals surface area contributed by atoms with Crippen LogP contribution in [0.2, 0.25) is 5.02 Å². The zero-order valence-corrected chi connectivity index (χ0v) is 12.7. The maximum atomic E-state index is 11.9. The number of anilines is 1. The Kier molecular flexibility index (Phi) is 5.41. The number of amides is 2. The van der Waals surface area contributed by atoms with Crippen LogP contribution in [0.15, 0.2) is 41.9 Å². The number of benzene rings is 1. The van der Waals surface area contributed by atoms with Gasteiger partial charge in [-0.15, -0.1) is 6.58 Å². The molecule has 0 unspecified atom stereocenters. The minimum atomic E-state index is -0.458. The van der Waals surface area contributed by atoms with Gasteiger partial charge in [0.2, 0.25) is 11.8 Å². The molecule has 1 aromatic carbocycles. The van der Waals surface area contributed by atoms with Gasteiger partial charge >= 0.3 is 0 Å². The summed E-state index contributed by atoms with van der Waals surface area (Å²) >= 11 is 7.03. The first-order valence-electron chi connectivity index (χ1n) is 6.27. The molecule has 2 amide bonds. The summed E-state index contributed by atoms with van der Waals surface area (Å²) in [6.07, 6.45) is 1.73.